The first kappa shape index (κ1) is 26.0. The number of aliphatic hydroxyl groups is 1. The maximum Gasteiger partial charge on any atom is 0.306 e. The Bertz CT molecular complexity index is 881. The topological polar surface area (TPSA) is 57.5 Å². The lowest BCUT2D eigenvalue weighted by Gasteiger charge is -2.62. The van der Waals surface area contributed by atoms with Crippen molar-refractivity contribution in [3.05, 3.63) is 23.3 Å². The Balaban J connectivity index is 1.67. The minimum atomic E-state index is -0.606. The lowest BCUT2D eigenvalue weighted by Crippen LogP contribution is -2.55. The van der Waals surface area contributed by atoms with Crippen LogP contribution in [-0.2, 0) is 4.79 Å². The molecule has 4 aliphatic carbocycles. The van der Waals surface area contributed by atoms with Gasteiger partial charge in [-0.15, -0.1) is 0 Å². The van der Waals surface area contributed by atoms with E-state index in [1.54, 1.807) is 11.1 Å². The molecule has 7 atom stereocenters. The summed E-state index contributed by atoms with van der Waals surface area (Å²) in [6.07, 6.45) is 9.98. The largest absolute Gasteiger partial charge is 0.481 e. The summed E-state index contributed by atoms with van der Waals surface area (Å²) in [5, 5.41) is 21.1. The maximum atomic E-state index is 12.5. The highest BCUT2D eigenvalue weighted by molar-refractivity contribution is 5.70. The van der Waals surface area contributed by atoms with Gasteiger partial charge in [-0.2, -0.15) is 0 Å². The number of carboxylic acids is 1. The van der Waals surface area contributed by atoms with Crippen molar-refractivity contribution in [2.24, 2.45) is 45.3 Å². The van der Waals surface area contributed by atoms with E-state index in [0.29, 0.717) is 11.8 Å². The van der Waals surface area contributed by atoms with E-state index in [-0.39, 0.29) is 39.6 Å². The van der Waals surface area contributed by atoms with Crippen LogP contribution >= 0.6 is 0 Å². The summed E-state index contributed by atoms with van der Waals surface area (Å²) in [6.45, 7) is 20.5. The van der Waals surface area contributed by atoms with Crippen molar-refractivity contribution in [3.63, 3.8) is 0 Å². The van der Waals surface area contributed by atoms with E-state index in [9.17, 15) is 15.0 Å². The molecule has 2 fully saturated rings. The average Bonchev–Trinajstić information content (AvgIpc) is 3.02. The second kappa shape index (κ2) is 8.49. The quantitative estimate of drug-likeness (QED) is 0.389. The van der Waals surface area contributed by atoms with Gasteiger partial charge in [-0.25, -0.2) is 0 Å². The van der Waals surface area contributed by atoms with E-state index in [1.807, 2.05) is 0 Å². The van der Waals surface area contributed by atoms with Gasteiger partial charge in [0.25, 0.3) is 0 Å². The number of hydrogen-bond acceptors (Lipinski definition) is 2. The highest BCUT2D eigenvalue weighted by Gasteiger charge is 2.64. The molecule has 0 spiro atoms. The van der Waals surface area contributed by atoms with Crippen molar-refractivity contribution in [3.8, 4) is 0 Å². The van der Waals surface area contributed by atoms with Gasteiger partial charge < -0.3 is 10.2 Å². The van der Waals surface area contributed by atoms with Crippen LogP contribution in [0.15, 0.2) is 23.3 Å². The summed E-state index contributed by atoms with van der Waals surface area (Å²) >= 11 is 0. The van der Waals surface area contributed by atoms with Gasteiger partial charge in [0.1, 0.15) is 0 Å². The summed E-state index contributed by atoms with van der Waals surface area (Å²) < 4.78 is 0. The van der Waals surface area contributed by atoms with Crippen LogP contribution in [-0.4, -0.2) is 22.3 Å². The van der Waals surface area contributed by atoms with Gasteiger partial charge in [0.15, 0.2) is 0 Å². The van der Waals surface area contributed by atoms with Crippen LogP contribution in [0.4, 0.5) is 0 Å². The standard InChI is InChI=1S/C31H50O3/c1-19(2)20(3)9-10-21(27(33)34)22-13-17-31(8)24-11-12-25-28(4,5)26(32)15-16-29(25,6)23(24)14-18-30(22,31)7/h19,21-22,25-26,32H,3,9-18H2,1-2,4-8H3,(H,33,34)/t21-,22-,25+,26+,29+,30+,31-/m1/s1. The average molecular weight is 471 g/mol. The highest BCUT2D eigenvalue weighted by atomic mass is 16.4. The number of fused-ring (bicyclic) bond motifs is 4. The third-order valence-electron chi connectivity index (χ3n) is 12.2. The van der Waals surface area contributed by atoms with E-state index < -0.39 is 5.97 Å². The number of carboxylic acid groups (broad SMARTS) is 1. The molecule has 0 bridgehead atoms. The van der Waals surface area contributed by atoms with E-state index in [1.165, 1.54) is 5.57 Å². The Morgan fingerprint density at radius 3 is 2.29 bits per heavy atom. The van der Waals surface area contributed by atoms with Crippen LogP contribution in [0.1, 0.15) is 113 Å². The lowest BCUT2D eigenvalue weighted by molar-refractivity contribution is -0.146. The van der Waals surface area contributed by atoms with Gasteiger partial charge in [-0.3, -0.25) is 4.79 Å². The van der Waals surface area contributed by atoms with Crippen LogP contribution in [0.2, 0.25) is 0 Å². The number of rotatable bonds is 6. The summed E-state index contributed by atoms with van der Waals surface area (Å²) in [7, 11) is 0. The van der Waals surface area contributed by atoms with Crippen molar-refractivity contribution < 1.29 is 15.0 Å². The molecule has 0 amide bonds. The smallest absolute Gasteiger partial charge is 0.306 e. The molecule has 3 heteroatoms. The molecule has 2 saturated carbocycles. The molecule has 4 rings (SSSR count). The molecule has 0 unspecified atom stereocenters. The van der Waals surface area contributed by atoms with E-state index in [4.69, 9.17) is 0 Å². The number of hydrogen-bond donors (Lipinski definition) is 2. The van der Waals surface area contributed by atoms with Crippen LogP contribution in [0, 0.1) is 45.3 Å². The fourth-order valence-electron chi connectivity index (χ4n) is 9.49. The van der Waals surface area contributed by atoms with Crippen molar-refractivity contribution >= 4 is 5.97 Å². The third kappa shape index (κ3) is 3.58. The zero-order valence-corrected chi connectivity index (χ0v) is 23.0. The summed E-state index contributed by atoms with van der Waals surface area (Å²) in [4.78, 5) is 12.5. The van der Waals surface area contributed by atoms with Crippen LogP contribution in [0.5, 0.6) is 0 Å². The molecule has 0 aromatic carbocycles. The maximum absolute atomic E-state index is 12.5. The molecule has 0 aromatic heterocycles. The lowest BCUT2D eigenvalue weighted by atomic mass is 9.43. The van der Waals surface area contributed by atoms with Crippen molar-refractivity contribution in [1.29, 1.82) is 0 Å². The van der Waals surface area contributed by atoms with Gasteiger partial charge in [-0.05, 0) is 104 Å². The Morgan fingerprint density at radius 2 is 1.68 bits per heavy atom. The number of allylic oxidation sites excluding steroid dienone is 3. The molecule has 0 saturated heterocycles. The Kier molecular flexibility index (Phi) is 6.49. The predicted molar refractivity (Wildman–Crippen MR) is 139 cm³/mol. The zero-order valence-electron chi connectivity index (χ0n) is 23.0. The Hall–Kier alpha value is -1.09. The molecule has 34 heavy (non-hydrogen) atoms. The van der Waals surface area contributed by atoms with E-state index >= 15 is 0 Å². The monoisotopic (exact) mass is 470 g/mol. The Labute approximate surface area is 208 Å². The van der Waals surface area contributed by atoms with Gasteiger partial charge in [0, 0.05) is 0 Å². The van der Waals surface area contributed by atoms with Crippen molar-refractivity contribution in [1.82, 2.24) is 0 Å². The second-order valence-electron chi connectivity index (χ2n) is 14.0. The molecule has 2 N–H and O–H groups in total. The van der Waals surface area contributed by atoms with Gasteiger partial charge >= 0.3 is 5.97 Å². The number of aliphatic hydroxyl groups excluding tert-OH is 1. The first-order valence-corrected chi connectivity index (χ1v) is 14.0. The van der Waals surface area contributed by atoms with Gasteiger partial charge in [0.2, 0.25) is 0 Å². The van der Waals surface area contributed by atoms with E-state index in [2.05, 4.69) is 55.0 Å². The molecule has 4 aliphatic rings. The number of carbonyl (C=O) groups is 1. The second-order valence-corrected chi connectivity index (χ2v) is 14.0. The molecule has 0 aliphatic heterocycles. The SMILES string of the molecule is C=C(CC[C@@H](C(=O)O)[C@H]1CC[C@]2(C)C3=C(CC[C@@]12C)[C@]1(C)CC[C@H](O)C(C)(C)[C@@H]1CC3)C(C)C. The first-order chi connectivity index (χ1) is 15.7. The molecule has 0 aromatic rings. The molecule has 192 valence electrons. The fourth-order valence-corrected chi connectivity index (χ4v) is 9.49. The van der Waals surface area contributed by atoms with Crippen LogP contribution < -0.4 is 0 Å². The predicted octanol–water partition coefficient (Wildman–Crippen LogP) is 7.79. The highest BCUT2D eigenvalue weighted by Crippen LogP contribution is 2.72. The van der Waals surface area contributed by atoms with Crippen molar-refractivity contribution in [2.45, 2.75) is 119 Å². The minimum absolute atomic E-state index is 0.0426. The molecule has 0 radical (unpaired) electrons. The molecular formula is C31H50O3. The fraction of sp³-hybridized carbons (Fsp3) is 0.839. The van der Waals surface area contributed by atoms with Gasteiger partial charge in [-0.1, -0.05) is 71.8 Å². The number of aliphatic carboxylic acids is 1. The first-order valence-electron chi connectivity index (χ1n) is 14.0. The van der Waals surface area contributed by atoms with Gasteiger partial charge in [0.05, 0.1) is 12.0 Å². The van der Waals surface area contributed by atoms with Crippen molar-refractivity contribution in [2.75, 3.05) is 0 Å². The van der Waals surface area contributed by atoms with Crippen LogP contribution in [0.25, 0.3) is 0 Å². The Morgan fingerprint density at radius 1 is 1.00 bits per heavy atom. The normalized spacial score (nSPS) is 42.1. The summed E-state index contributed by atoms with van der Waals surface area (Å²) in [5.41, 5.74) is 4.84. The summed E-state index contributed by atoms with van der Waals surface area (Å²) in [6, 6.07) is 0. The summed E-state index contributed by atoms with van der Waals surface area (Å²) in [5.74, 6) is 0.293. The van der Waals surface area contributed by atoms with Crippen LogP contribution in [0.3, 0.4) is 0 Å². The molecular weight excluding hydrogens is 420 g/mol. The molecule has 0 heterocycles. The molecule has 3 nitrogen and oxygen atoms in total. The zero-order chi connectivity index (χ0) is 25.3. The third-order valence-corrected chi connectivity index (χ3v) is 12.2. The van der Waals surface area contributed by atoms with E-state index in [0.717, 1.165) is 64.2 Å². The minimum Gasteiger partial charge on any atom is -0.481 e.